The van der Waals surface area contributed by atoms with Gasteiger partial charge in [-0.05, 0) is 12.1 Å². The number of alkyl halides is 3. The van der Waals surface area contributed by atoms with Gasteiger partial charge in [-0.2, -0.15) is 13.2 Å². The molecule has 0 fully saturated rings. The molecule has 0 atom stereocenters. The number of hydrogen-bond acceptors (Lipinski definition) is 4. The number of carbonyl (C=O) groups excluding carboxylic acids is 1. The summed E-state index contributed by atoms with van der Waals surface area (Å²) in [6.07, 6.45) is -4.48. The molecule has 0 saturated carbocycles. The highest BCUT2D eigenvalue weighted by atomic mass is 35.5. The second kappa shape index (κ2) is 5.92. The van der Waals surface area contributed by atoms with E-state index in [-0.39, 0.29) is 16.3 Å². The van der Waals surface area contributed by atoms with Gasteiger partial charge in [0.2, 0.25) is 0 Å². The van der Waals surface area contributed by atoms with Crippen LogP contribution in [0.4, 0.5) is 18.9 Å². The predicted molar refractivity (Wildman–Crippen MR) is 58.2 cm³/mol. The molecule has 18 heavy (non-hydrogen) atoms. The fourth-order valence-electron chi connectivity index (χ4n) is 1.08. The molecule has 1 aromatic rings. The Bertz CT molecular complexity index is 417. The first-order valence-electron chi connectivity index (χ1n) is 4.67. The van der Waals surface area contributed by atoms with Crippen molar-refractivity contribution in [2.45, 2.75) is 6.18 Å². The van der Waals surface area contributed by atoms with E-state index in [0.717, 1.165) is 0 Å². The third kappa shape index (κ3) is 4.42. The van der Waals surface area contributed by atoms with Crippen LogP contribution in [0.15, 0.2) is 18.2 Å². The van der Waals surface area contributed by atoms with Crippen molar-refractivity contribution >= 4 is 23.3 Å². The molecule has 4 nitrogen and oxygen atoms in total. The quantitative estimate of drug-likeness (QED) is 0.399. The Balaban J connectivity index is 2.51. The molecule has 0 aliphatic carbocycles. The number of ether oxygens (including phenoxy) is 2. The van der Waals surface area contributed by atoms with Crippen molar-refractivity contribution in [1.29, 1.82) is 0 Å². The van der Waals surface area contributed by atoms with E-state index in [1.54, 1.807) is 0 Å². The van der Waals surface area contributed by atoms with Crippen molar-refractivity contribution in [2.75, 3.05) is 19.1 Å². The maximum absolute atomic E-state index is 11.7. The Morgan fingerprint density at radius 1 is 1.39 bits per heavy atom. The van der Waals surface area contributed by atoms with Gasteiger partial charge in [0, 0.05) is 5.69 Å². The molecule has 0 amide bonds. The molecule has 0 spiro atoms. The van der Waals surface area contributed by atoms with Crippen molar-refractivity contribution in [3.05, 3.63) is 28.8 Å². The molecule has 0 unspecified atom stereocenters. The zero-order valence-corrected chi connectivity index (χ0v) is 9.72. The summed E-state index contributed by atoms with van der Waals surface area (Å²) in [5, 5.41) is 0.0517. The summed E-state index contributed by atoms with van der Waals surface area (Å²) < 4.78 is 43.8. The lowest BCUT2D eigenvalue weighted by atomic mass is 10.2. The molecule has 1 aromatic carbocycles. The largest absolute Gasteiger partial charge is 0.435 e. The van der Waals surface area contributed by atoms with E-state index in [1.165, 1.54) is 18.2 Å². The van der Waals surface area contributed by atoms with E-state index in [2.05, 4.69) is 9.47 Å². The van der Waals surface area contributed by atoms with Crippen molar-refractivity contribution < 1.29 is 27.4 Å². The van der Waals surface area contributed by atoms with Gasteiger partial charge in [-0.1, -0.05) is 17.7 Å². The Morgan fingerprint density at radius 3 is 2.61 bits per heavy atom. The second-order valence-corrected chi connectivity index (χ2v) is 3.62. The smallest absolute Gasteiger partial charge is 0.411 e. The minimum atomic E-state index is -4.48. The van der Waals surface area contributed by atoms with Crippen LogP contribution >= 0.6 is 11.6 Å². The predicted octanol–water partition coefficient (Wildman–Crippen LogP) is 2.62. The standard InChI is InChI=1S/C10H9ClF3NO3/c11-6-2-1-3-7(15)8(6)9(16)18-5-17-4-10(12,13)14/h1-3H,4-5,15H2. The molecule has 0 aliphatic rings. The zero-order valence-electron chi connectivity index (χ0n) is 8.96. The number of anilines is 1. The average Bonchev–Trinajstić information content (AvgIpc) is 2.23. The number of rotatable bonds is 4. The highest BCUT2D eigenvalue weighted by Gasteiger charge is 2.27. The molecule has 8 heteroatoms. The van der Waals surface area contributed by atoms with Gasteiger partial charge in [0.05, 0.1) is 5.02 Å². The fourth-order valence-corrected chi connectivity index (χ4v) is 1.34. The monoisotopic (exact) mass is 283 g/mol. The molecule has 100 valence electrons. The third-order valence-electron chi connectivity index (χ3n) is 1.79. The van der Waals surface area contributed by atoms with E-state index in [1.807, 2.05) is 0 Å². The maximum Gasteiger partial charge on any atom is 0.411 e. The van der Waals surface area contributed by atoms with Gasteiger partial charge in [0.25, 0.3) is 0 Å². The van der Waals surface area contributed by atoms with E-state index in [0.29, 0.717) is 0 Å². The van der Waals surface area contributed by atoms with Gasteiger partial charge < -0.3 is 15.2 Å². The summed E-state index contributed by atoms with van der Waals surface area (Å²) in [7, 11) is 0. The van der Waals surface area contributed by atoms with Crippen LogP contribution < -0.4 is 5.73 Å². The highest BCUT2D eigenvalue weighted by molar-refractivity contribution is 6.34. The number of carbonyl (C=O) groups is 1. The summed E-state index contributed by atoms with van der Waals surface area (Å²) in [6, 6.07) is 4.35. The molecule has 2 N–H and O–H groups in total. The lowest BCUT2D eigenvalue weighted by Crippen LogP contribution is -2.19. The summed E-state index contributed by atoms with van der Waals surface area (Å²) in [6.45, 7) is -2.33. The number of benzene rings is 1. The Hall–Kier alpha value is -1.47. The SMILES string of the molecule is Nc1cccc(Cl)c1C(=O)OCOCC(F)(F)F. The van der Waals surface area contributed by atoms with Crippen LogP contribution in [0.5, 0.6) is 0 Å². The van der Waals surface area contributed by atoms with Gasteiger partial charge in [0.1, 0.15) is 12.2 Å². The lowest BCUT2D eigenvalue weighted by molar-refractivity contribution is -0.190. The van der Waals surface area contributed by atoms with Crippen molar-refractivity contribution in [1.82, 2.24) is 0 Å². The fraction of sp³-hybridized carbons (Fsp3) is 0.300. The normalized spacial score (nSPS) is 11.3. The van der Waals surface area contributed by atoms with E-state index >= 15 is 0 Å². The van der Waals surface area contributed by atoms with Crippen molar-refractivity contribution in [3.8, 4) is 0 Å². The molecule has 0 radical (unpaired) electrons. The maximum atomic E-state index is 11.7. The topological polar surface area (TPSA) is 61.6 Å². The Labute approximate surface area is 105 Å². The molecular weight excluding hydrogens is 275 g/mol. The number of nitrogen functional groups attached to an aromatic ring is 1. The first kappa shape index (κ1) is 14.6. The lowest BCUT2D eigenvalue weighted by Gasteiger charge is -2.10. The highest BCUT2D eigenvalue weighted by Crippen LogP contribution is 2.22. The van der Waals surface area contributed by atoms with Gasteiger partial charge in [-0.25, -0.2) is 4.79 Å². The number of halogens is 4. The van der Waals surface area contributed by atoms with E-state index in [4.69, 9.17) is 17.3 Å². The number of nitrogens with two attached hydrogens (primary N) is 1. The van der Waals surface area contributed by atoms with Crippen molar-refractivity contribution in [2.24, 2.45) is 0 Å². The average molecular weight is 284 g/mol. The van der Waals surface area contributed by atoms with Gasteiger partial charge in [-0.3, -0.25) is 0 Å². The van der Waals surface area contributed by atoms with Crippen molar-refractivity contribution in [3.63, 3.8) is 0 Å². The summed E-state index contributed by atoms with van der Waals surface area (Å²) in [4.78, 5) is 11.5. The van der Waals surface area contributed by atoms with Crippen LogP contribution in [0.2, 0.25) is 5.02 Å². The third-order valence-corrected chi connectivity index (χ3v) is 2.10. The molecular formula is C10H9ClF3NO3. The van der Waals surface area contributed by atoms with E-state index in [9.17, 15) is 18.0 Å². The molecule has 0 aliphatic heterocycles. The summed E-state index contributed by atoms with van der Waals surface area (Å²) in [5.41, 5.74) is 5.46. The van der Waals surface area contributed by atoms with Crippen LogP contribution in [0.25, 0.3) is 0 Å². The number of esters is 1. The van der Waals surface area contributed by atoms with Gasteiger partial charge >= 0.3 is 12.1 Å². The van der Waals surface area contributed by atoms with Crippen LogP contribution in [-0.2, 0) is 9.47 Å². The molecule has 0 aromatic heterocycles. The summed E-state index contributed by atoms with van der Waals surface area (Å²) >= 11 is 5.71. The first-order valence-corrected chi connectivity index (χ1v) is 5.04. The number of hydrogen-bond donors (Lipinski definition) is 1. The van der Waals surface area contributed by atoms with Crippen LogP contribution in [0.1, 0.15) is 10.4 Å². The molecule has 0 heterocycles. The molecule has 1 rings (SSSR count). The second-order valence-electron chi connectivity index (χ2n) is 3.22. The summed E-state index contributed by atoms with van der Waals surface area (Å²) in [5.74, 6) is -0.944. The Kier molecular flexibility index (Phi) is 4.80. The molecule has 0 bridgehead atoms. The van der Waals surface area contributed by atoms with E-state index < -0.39 is 25.5 Å². The van der Waals surface area contributed by atoms with Crippen LogP contribution in [0, 0.1) is 0 Å². The minimum absolute atomic E-state index is 0.0517. The Morgan fingerprint density at radius 2 is 2.06 bits per heavy atom. The van der Waals surface area contributed by atoms with Crippen LogP contribution in [0.3, 0.4) is 0 Å². The molecule has 0 saturated heterocycles. The van der Waals surface area contributed by atoms with Crippen LogP contribution in [-0.4, -0.2) is 25.5 Å². The minimum Gasteiger partial charge on any atom is -0.435 e. The van der Waals surface area contributed by atoms with Gasteiger partial charge in [0.15, 0.2) is 6.79 Å². The first-order chi connectivity index (χ1) is 8.31. The zero-order chi connectivity index (χ0) is 13.8. The van der Waals surface area contributed by atoms with Gasteiger partial charge in [-0.15, -0.1) is 0 Å².